The van der Waals surface area contributed by atoms with E-state index in [-0.39, 0.29) is 17.1 Å². The number of nitrogens with zero attached hydrogens (tertiary/aromatic N) is 2. The van der Waals surface area contributed by atoms with Gasteiger partial charge in [0.05, 0.1) is 16.7 Å². The van der Waals surface area contributed by atoms with Gasteiger partial charge in [-0.3, -0.25) is 4.79 Å². The summed E-state index contributed by atoms with van der Waals surface area (Å²) in [5, 5.41) is 8.29. The summed E-state index contributed by atoms with van der Waals surface area (Å²) in [5.41, 5.74) is -0.125. The highest BCUT2D eigenvalue weighted by molar-refractivity contribution is 6.31. The summed E-state index contributed by atoms with van der Waals surface area (Å²) in [6, 6.07) is 5.98. The minimum Gasteiger partial charge on any atom is -0.328 e. The molecule has 3 nitrogen and oxygen atoms in total. The summed E-state index contributed by atoms with van der Waals surface area (Å²) < 4.78 is 13.4. The second-order valence-corrected chi connectivity index (χ2v) is 3.33. The van der Waals surface area contributed by atoms with Gasteiger partial charge in [-0.05, 0) is 12.1 Å². The summed E-state index contributed by atoms with van der Waals surface area (Å²) in [6.07, 6.45) is 0. The Morgan fingerprint density at radius 3 is 2.93 bits per heavy atom. The fourth-order valence-corrected chi connectivity index (χ4v) is 1.23. The zero-order chi connectivity index (χ0) is 11.4. The van der Waals surface area contributed by atoms with Crippen molar-refractivity contribution in [3.8, 4) is 6.07 Å². The molecule has 0 aliphatic carbocycles. The molecule has 0 spiro atoms. The van der Waals surface area contributed by atoms with Crippen LogP contribution in [0.25, 0.3) is 0 Å². The Morgan fingerprint density at radius 1 is 1.67 bits per heavy atom. The second-order valence-electron chi connectivity index (χ2n) is 2.92. The molecule has 1 aromatic carbocycles. The maximum Gasteiger partial charge on any atom is 0.257 e. The fourth-order valence-electron chi connectivity index (χ4n) is 1.05. The van der Waals surface area contributed by atoms with E-state index in [0.29, 0.717) is 0 Å². The minimum absolute atomic E-state index is 0.0925. The number of benzene rings is 1. The number of hydrogen-bond donors (Lipinski definition) is 0. The SMILES string of the molecule is CN(CC#N)C(=O)c1cccc(Cl)c1F. The first-order valence-electron chi connectivity index (χ1n) is 4.14. The molecule has 0 atom stereocenters. The number of carbonyl (C=O) groups is 1. The molecule has 0 aliphatic rings. The van der Waals surface area contributed by atoms with Crippen molar-refractivity contribution in [2.24, 2.45) is 0 Å². The highest BCUT2D eigenvalue weighted by Crippen LogP contribution is 2.18. The largest absolute Gasteiger partial charge is 0.328 e. The molecular formula is C10H8ClFN2O. The van der Waals surface area contributed by atoms with Gasteiger partial charge in [-0.1, -0.05) is 17.7 Å². The van der Waals surface area contributed by atoms with Crippen molar-refractivity contribution in [1.82, 2.24) is 4.90 Å². The average Bonchev–Trinajstić information content (AvgIpc) is 2.21. The summed E-state index contributed by atoms with van der Waals surface area (Å²) in [5.74, 6) is -1.31. The Hall–Kier alpha value is -1.60. The van der Waals surface area contributed by atoms with E-state index in [1.165, 1.54) is 25.2 Å². The van der Waals surface area contributed by atoms with Crippen LogP contribution in [0.5, 0.6) is 0 Å². The Labute approximate surface area is 91.7 Å². The Bertz CT molecular complexity index is 428. The lowest BCUT2D eigenvalue weighted by Gasteiger charge is -2.13. The van der Waals surface area contributed by atoms with Crippen LogP contribution in [0.4, 0.5) is 4.39 Å². The predicted octanol–water partition coefficient (Wildman–Crippen LogP) is 2.07. The van der Waals surface area contributed by atoms with Gasteiger partial charge in [0.15, 0.2) is 5.82 Å². The van der Waals surface area contributed by atoms with Crippen LogP contribution in [0.3, 0.4) is 0 Å². The second kappa shape index (κ2) is 4.76. The van der Waals surface area contributed by atoms with Gasteiger partial charge in [-0.25, -0.2) is 4.39 Å². The number of carbonyl (C=O) groups excluding carboxylic acids is 1. The molecule has 5 heteroatoms. The standard InChI is InChI=1S/C10H8ClFN2O/c1-14(6-5-13)10(15)7-3-2-4-8(11)9(7)12/h2-4H,6H2,1H3. The maximum atomic E-state index is 13.4. The lowest BCUT2D eigenvalue weighted by Crippen LogP contribution is -2.27. The van der Waals surface area contributed by atoms with E-state index in [1.807, 2.05) is 0 Å². The molecule has 0 aromatic heterocycles. The van der Waals surface area contributed by atoms with Crippen LogP contribution in [-0.4, -0.2) is 24.4 Å². The van der Waals surface area contributed by atoms with Crippen LogP contribution in [-0.2, 0) is 0 Å². The molecule has 1 aromatic rings. The molecule has 0 heterocycles. The highest BCUT2D eigenvalue weighted by atomic mass is 35.5. The van der Waals surface area contributed by atoms with Gasteiger partial charge < -0.3 is 4.90 Å². The van der Waals surface area contributed by atoms with E-state index in [2.05, 4.69) is 0 Å². The maximum absolute atomic E-state index is 13.4. The topological polar surface area (TPSA) is 44.1 Å². The third kappa shape index (κ3) is 2.45. The summed E-state index contributed by atoms with van der Waals surface area (Å²) >= 11 is 5.53. The van der Waals surface area contributed by atoms with Gasteiger partial charge >= 0.3 is 0 Å². The molecule has 78 valence electrons. The van der Waals surface area contributed by atoms with Crippen molar-refractivity contribution in [3.05, 3.63) is 34.6 Å². The Balaban J connectivity index is 3.02. The molecule has 0 radical (unpaired) electrons. The number of halogens is 2. The van der Waals surface area contributed by atoms with Gasteiger partial charge in [-0.15, -0.1) is 0 Å². The van der Waals surface area contributed by atoms with Crippen molar-refractivity contribution in [1.29, 1.82) is 5.26 Å². The fraction of sp³-hybridized carbons (Fsp3) is 0.200. The quantitative estimate of drug-likeness (QED) is 0.725. The molecule has 0 saturated heterocycles. The van der Waals surface area contributed by atoms with Gasteiger partial charge in [0.1, 0.15) is 6.54 Å². The minimum atomic E-state index is -0.756. The van der Waals surface area contributed by atoms with E-state index in [1.54, 1.807) is 6.07 Å². The monoisotopic (exact) mass is 226 g/mol. The molecule has 1 amide bonds. The zero-order valence-corrected chi connectivity index (χ0v) is 8.75. The van der Waals surface area contributed by atoms with Crippen LogP contribution >= 0.6 is 11.6 Å². The summed E-state index contributed by atoms with van der Waals surface area (Å²) in [6.45, 7) is -0.0925. The highest BCUT2D eigenvalue weighted by Gasteiger charge is 2.17. The van der Waals surface area contributed by atoms with Crippen LogP contribution < -0.4 is 0 Å². The average molecular weight is 227 g/mol. The number of hydrogen-bond acceptors (Lipinski definition) is 2. The predicted molar refractivity (Wildman–Crippen MR) is 54.0 cm³/mol. The van der Waals surface area contributed by atoms with Crippen LogP contribution in [0, 0.1) is 17.1 Å². The van der Waals surface area contributed by atoms with E-state index in [0.717, 1.165) is 4.90 Å². The van der Waals surface area contributed by atoms with Gasteiger partial charge in [-0.2, -0.15) is 5.26 Å². The van der Waals surface area contributed by atoms with Gasteiger partial charge in [0.2, 0.25) is 0 Å². The van der Waals surface area contributed by atoms with Crippen LogP contribution in [0.1, 0.15) is 10.4 Å². The van der Waals surface area contributed by atoms with Crippen molar-refractivity contribution < 1.29 is 9.18 Å². The molecule has 0 fully saturated rings. The van der Waals surface area contributed by atoms with E-state index < -0.39 is 11.7 Å². The van der Waals surface area contributed by atoms with Gasteiger partial charge in [0, 0.05) is 7.05 Å². The Kier molecular flexibility index (Phi) is 3.64. The van der Waals surface area contributed by atoms with Gasteiger partial charge in [0.25, 0.3) is 5.91 Å². The molecular weight excluding hydrogens is 219 g/mol. The molecule has 15 heavy (non-hydrogen) atoms. The molecule has 0 N–H and O–H groups in total. The van der Waals surface area contributed by atoms with Crippen molar-refractivity contribution in [3.63, 3.8) is 0 Å². The molecule has 0 aliphatic heterocycles. The van der Waals surface area contributed by atoms with Crippen LogP contribution in [0.15, 0.2) is 18.2 Å². The molecule has 0 bridgehead atoms. The lowest BCUT2D eigenvalue weighted by atomic mass is 10.2. The lowest BCUT2D eigenvalue weighted by molar-refractivity contribution is 0.0807. The number of nitriles is 1. The summed E-state index contributed by atoms with van der Waals surface area (Å²) in [4.78, 5) is 12.7. The van der Waals surface area contributed by atoms with Crippen molar-refractivity contribution >= 4 is 17.5 Å². The third-order valence-corrected chi connectivity index (χ3v) is 2.13. The van der Waals surface area contributed by atoms with E-state index in [9.17, 15) is 9.18 Å². The first-order valence-corrected chi connectivity index (χ1v) is 4.52. The summed E-state index contributed by atoms with van der Waals surface area (Å²) in [7, 11) is 1.42. The first kappa shape index (κ1) is 11.5. The first-order chi connectivity index (χ1) is 7.07. The van der Waals surface area contributed by atoms with Crippen molar-refractivity contribution in [2.75, 3.05) is 13.6 Å². The third-order valence-electron chi connectivity index (χ3n) is 1.84. The zero-order valence-electron chi connectivity index (χ0n) is 8.00. The van der Waals surface area contributed by atoms with Crippen molar-refractivity contribution in [2.45, 2.75) is 0 Å². The van der Waals surface area contributed by atoms with Crippen LogP contribution in [0.2, 0.25) is 5.02 Å². The Morgan fingerprint density at radius 2 is 2.33 bits per heavy atom. The smallest absolute Gasteiger partial charge is 0.257 e. The molecule has 1 rings (SSSR count). The van der Waals surface area contributed by atoms with E-state index >= 15 is 0 Å². The van der Waals surface area contributed by atoms with E-state index in [4.69, 9.17) is 16.9 Å². The number of rotatable bonds is 2. The molecule has 0 saturated carbocycles. The molecule has 0 unspecified atom stereocenters. The number of amides is 1. The normalized spacial score (nSPS) is 9.47.